The van der Waals surface area contributed by atoms with Crippen molar-refractivity contribution < 1.29 is 0 Å². The van der Waals surface area contributed by atoms with Crippen LogP contribution in [0.5, 0.6) is 0 Å². The van der Waals surface area contributed by atoms with Crippen molar-refractivity contribution in [2.75, 3.05) is 17.7 Å². The van der Waals surface area contributed by atoms with Gasteiger partial charge < -0.3 is 10.6 Å². The van der Waals surface area contributed by atoms with Gasteiger partial charge in [0.05, 0.1) is 5.39 Å². The molecule has 0 radical (unpaired) electrons. The first-order valence-corrected chi connectivity index (χ1v) is 7.32. The van der Waals surface area contributed by atoms with E-state index in [1.54, 1.807) is 11.3 Å². The molecule has 2 heterocycles. The van der Waals surface area contributed by atoms with Crippen LogP contribution in [0.15, 0.2) is 29.6 Å². The highest BCUT2D eigenvalue weighted by Crippen LogP contribution is 2.29. The van der Waals surface area contributed by atoms with Gasteiger partial charge in [-0.25, -0.2) is 4.98 Å². The minimum absolute atomic E-state index is 0.632. The summed E-state index contributed by atoms with van der Waals surface area (Å²) in [6, 6.07) is 8.39. The van der Waals surface area contributed by atoms with Gasteiger partial charge in [-0.05, 0) is 36.9 Å². The number of benzene rings is 1. The Kier molecular flexibility index (Phi) is 3.28. The number of rotatable bonds is 3. The molecule has 0 spiro atoms. The molecule has 0 saturated carbocycles. The molecule has 0 aliphatic carbocycles. The van der Waals surface area contributed by atoms with Crippen molar-refractivity contribution in [1.82, 2.24) is 9.97 Å². The lowest BCUT2D eigenvalue weighted by Gasteiger charge is -2.11. The standard InChI is InChI=1S/C15H16N4S/c1-9-4-5-12(10(2)8-9)17-13-11-6-7-20-14(11)19-15(16-3)18-13/h4-8H,1-3H3,(H2,16,17,18,19). The summed E-state index contributed by atoms with van der Waals surface area (Å²) in [4.78, 5) is 9.96. The molecule has 3 rings (SSSR count). The Morgan fingerprint density at radius 3 is 2.70 bits per heavy atom. The Morgan fingerprint density at radius 2 is 1.95 bits per heavy atom. The molecule has 5 heteroatoms. The fraction of sp³-hybridized carbons (Fsp3) is 0.200. The summed E-state index contributed by atoms with van der Waals surface area (Å²) in [6.07, 6.45) is 0. The minimum Gasteiger partial charge on any atom is -0.357 e. The monoisotopic (exact) mass is 284 g/mol. The predicted molar refractivity (Wildman–Crippen MR) is 86.2 cm³/mol. The molecule has 4 nitrogen and oxygen atoms in total. The third-order valence-electron chi connectivity index (χ3n) is 3.18. The number of nitrogens with one attached hydrogen (secondary N) is 2. The molecular weight excluding hydrogens is 268 g/mol. The molecule has 1 aromatic carbocycles. The summed E-state index contributed by atoms with van der Waals surface area (Å²) >= 11 is 1.62. The van der Waals surface area contributed by atoms with Gasteiger partial charge in [0.2, 0.25) is 5.95 Å². The lowest BCUT2D eigenvalue weighted by atomic mass is 10.1. The second-order valence-corrected chi connectivity index (χ2v) is 5.62. The highest BCUT2D eigenvalue weighted by Gasteiger charge is 2.09. The van der Waals surface area contributed by atoms with Crippen molar-refractivity contribution in [1.29, 1.82) is 0 Å². The summed E-state index contributed by atoms with van der Waals surface area (Å²) in [6.45, 7) is 4.19. The zero-order valence-corrected chi connectivity index (χ0v) is 12.5. The van der Waals surface area contributed by atoms with Crippen LogP contribution in [0, 0.1) is 13.8 Å². The Hall–Kier alpha value is -2.14. The second-order valence-electron chi connectivity index (χ2n) is 4.73. The summed E-state index contributed by atoms with van der Waals surface area (Å²) in [5.41, 5.74) is 3.54. The molecule has 2 aromatic heterocycles. The molecule has 0 unspecified atom stereocenters. The first kappa shape index (κ1) is 12.9. The zero-order chi connectivity index (χ0) is 14.1. The van der Waals surface area contributed by atoms with Gasteiger partial charge >= 0.3 is 0 Å². The van der Waals surface area contributed by atoms with E-state index in [4.69, 9.17) is 0 Å². The lowest BCUT2D eigenvalue weighted by Crippen LogP contribution is -2.01. The first-order valence-electron chi connectivity index (χ1n) is 6.44. The minimum atomic E-state index is 0.632. The van der Waals surface area contributed by atoms with Gasteiger partial charge in [-0.3, -0.25) is 0 Å². The number of aryl methyl sites for hydroxylation is 2. The molecule has 0 amide bonds. The highest BCUT2D eigenvalue weighted by atomic mass is 32.1. The number of fused-ring (bicyclic) bond motifs is 1. The third-order valence-corrected chi connectivity index (χ3v) is 3.99. The van der Waals surface area contributed by atoms with Gasteiger partial charge in [-0.2, -0.15) is 4.98 Å². The average molecular weight is 284 g/mol. The van der Waals surface area contributed by atoms with Gasteiger partial charge in [-0.1, -0.05) is 17.7 Å². The van der Waals surface area contributed by atoms with Gasteiger partial charge in [-0.15, -0.1) is 11.3 Å². The third kappa shape index (κ3) is 2.32. The molecule has 20 heavy (non-hydrogen) atoms. The van der Waals surface area contributed by atoms with Crippen molar-refractivity contribution in [2.45, 2.75) is 13.8 Å². The fourth-order valence-corrected chi connectivity index (χ4v) is 2.91. The molecule has 0 bridgehead atoms. The quantitative estimate of drug-likeness (QED) is 0.760. The van der Waals surface area contributed by atoms with Crippen LogP contribution in [-0.2, 0) is 0 Å². The van der Waals surface area contributed by atoms with Crippen LogP contribution in [0.25, 0.3) is 10.2 Å². The van der Waals surface area contributed by atoms with Crippen LogP contribution in [0.3, 0.4) is 0 Å². The van der Waals surface area contributed by atoms with E-state index >= 15 is 0 Å². The Labute approximate surface area is 121 Å². The number of thiophene rings is 1. The molecule has 0 atom stereocenters. The van der Waals surface area contributed by atoms with Crippen LogP contribution in [0.4, 0.5) is 17.5 Å². The summed E-state index contributed by atoms with van der Waals surface area (Å²) in [7, 11) is 1.83. The van der Waals surface area contributed by atoms with Crippen LogP contribution < -0.4 is 10.6 Å². The number of aromatic nitrogens is 2. The van der Waals surface area contributed by atoms with Crippen molar-refractivity contribution in [3.63, 3.8) is 0 Å². The van der Waals surface area contributed by atoms with E-state index in [1.807, 2.05) is 18.5 Å². The molecule has 3 aromatic rings. The number of hydrogen-bond acceptors (Lipinski definition) is 5. The highest BCUT2D eigenvalue weighted by molar-refractivity contribution is 7.16. The van der Waals surface area contributed by atoms with Crippen LogP contribution in [0.1, 0.15) is 11.1 Å². The van der Waals surface area contributed by atoms with Crippen molar-refractivity contribution in [3.8, 4) is 0 Å². The van der Waals surface area contributed by atoms with Crippen LogP contribution in [-0.4, -0.2) is 17.0 Å². The molecular formula is C15H16N4S. The van der Waals surface area contributed by atoms with Crippen molar-refractivity contribution >= 4 is 39.0 Å². The number of anilines is 3. The maximum atomic E-state index is 4.52. The van der Waals surface area contributed by atoms with E-state index in [0.29, 0.717) is 5.95 Å². The van der Waals surface area contributed by atoms with Gasteiger partial charge in [0.1, 0.15) is 10.6 Å². The molecule has 0 fully saturated rings. The van der Waals surface area contributed by atoms with Gasteiger partial charge in [0.25, 0.3) is 0 Å². The Balaban J connectivity index is 2.07. The smallest absolute Gasteiger partial charge is 0.225 e. The Bertz CT molecular complexity index is 764. The maximum absolute atomic E-state index is 4.52. The topological polar surface area (TPSA) is 49.8 Å². The molecule has 0 aliphatic rings. The Morgan fingerprint density at radius 1 is 1.10 bits per heavy atom. The second kappa shape index (κ2) is 5.09. The van der Waals surface area contributed by atoms with Crippen molar-refractivity contribution in [2.24, 2.45) is 0 Å². The SMILES string of the molecule is CNc1nc(Nc2ccc(C)cc2C)c2ccsc2n1. The van der Waals surface area contributed by atoms with Gasteiger partial charge in [0, 0.05) is 12.7 Å². The van der Waals surface area contributed by atoms with Crippen LogP contribution in [0.2, 0.25) is 0 Å². The van der Waals surface area contributed by atoms with Gasteiger partial charge in [0.15, 0.2) is 0 Å². The summed E-state index contributed by atoms with van der Waals surface area (Å²) < 4.78 is 0. The van der Waals surface area contributed by atoms with E-state index in [1.165, 1.54) is 11.1 Å². The van der Waals surface area contributed by atoms with E-state index in [0.717, 1.165) is 21.7 Å². The molecule has 0 aliphatic heterocycles. The fourth-order valence-electron chi connectivity index (χ4n) is 2.14. The predicted octanol–water partition coefficient (Wildman–Crippen LogP) is 4.09. The largest absolute Gasteiger partial charge is 0.357 e. The first-order chi connectivity index (χ1) is 9.67. The van der Waals surface area contributed by atoms with Crippen molar-refractivity contribution in [3.05, 3.63) is 40.8 Å². The van der Waals surface area contributed by atoms with Crippen LogP contribution >= 0.6 is 11.3 Å². The number of hydrogen-bond donors (Lipinski definition) is 2. The normalized spacial score (nSPS) is 10.8. The molecule has 2 N–H and O–H groups in total. The molecule has 102 valence electrons. The summed E-state index contributed by atoms with van der Waals surface area (Å²) in [5, 5.41) is 9.51. The maximum Gasteiger partial charge on any atom is 0.225 e. The average Bonchev–Trinajstić information content (AvgIpc) is 2.90. The van der Waals surface area contributed by atoms with E-state index in [-0.39, 0.29) is 0 Å². The lowest BCUT2D eigenvalue weighted by molar-refractivity contribution is 1.20. The molecule has 0 saturated heterocycles. The number of nitrogens with zero attached hydrogens (tertiary/aromatic N) is 2. The summed E-state index contributed by atoms with van der Waals surface area (Å²) in [5.74, 6) is 1.47. The van der Waals surface area contributed by atoms with E-state index in [2.05, 4.69) is 52.6 Å². The zero-order valence-electron chi connectivity index (χ0n) is 11.7. The van der Waals surface area contributed by atoms with E-state index in [9.17, 15) is 0 Å². The van der Waals surface area contributed by atoms with E-state index < -0.39 is 0 Å².